The molecule has 29 heavy (non-hydrogen) atoms. The molecule has 1 aromatic carbocycles. The zero-order chi connectivity index (χ0) is 21.1. The monoisotopic (exact) mass is 416 g/mol. The smallest absolute Gasteiger partial charge is 0.315 e. The highest BCUT2D eigenvalue weighted by molar-refractivity contribution is 6.32. The highest BCUT2D eigenvalue weighted by Gasteiger charge is 2.19. The van der Waals surface area contributed by atoms with Crippen LogP contribution in [0.4, 0.5) is 4.39 Å². The summed E-state index contributed by atoms with van der Waals surface area (Å²) in [6, 6.07) is 6.05. The van der Waals surface area contributed by atoms with Crippen LogP contribution < -0.4 is 5.32 Å². The van der Waals surface area contributed by atoms with Gasteiger partial charge in [0.2, 0.25) is 0 Å². The molecule has 3 aromatic rings. The summed E-state index contributed by atoms with van der Waals surface area (Å²) in [6.45, 7) is 5.92. The number of amides is 1. The second kappa shape index (κ2) is 8.41. The number of hydrogen-bond donors (Lipinski definition) is 1. The van der Waals surface area contributed by atoms with E-state index in [4.69, 9.17) is 21.4 Å². The average Bonchev–Trinajstić information content (AvgIpc) is 3.33. The van der Waals surface area contributed by atoms with E-state index in [2.05, 4.69) is 20.6 Å². The molecule has 0 saturated carbocycles. The maximum Gasteiger partial charge on any atom is 0.315 e. The van der Waals surface area contributed by atoms with Crippen molar-refractivity contribution in [3.63, 3.8) is 0 Å². The van der Waals surface area contributed by atoms with E-state index in [9.17, 15) is 9.18 Å². The predicted octanol–water partition coefficient (Wildman–Crippen LogP) is 3.54. The molecule has 2 aromatic heterocycles. The van der Waals surface area contributed by atoms with Crippen LogP contribution in [0, 0.1) is 17.1 Å². The molecule has 1 unspecified atom stereocenters. The first-order valence-corrected chi connectivity index (χ1v) is 9.24. The first kappa shape index (κ1) is 20.5. The summed E-state index contributed by atoms with van der Waals surface area (Å²) in [5, 5.41) is 19.5. The number of rotatable bonds is 6. The van der Waals surface area contributed by atoms with Gasteiger partial charge in [-0.1, -0.05) is 30.6 Å². The number of carbonyl (C=O) groups is 1. The van der Waals surface area contributed by atoms with Gasteiger partial charge in [0.05, 0.1) is 22.8 Å². The molecule has 150 valence electrons. The minimum Gasteiger partial charge on any atom is -0.344 e. The van der Waals surface area contributed by atoms with Gasteiger partial charge in [0.25, 0.3) is 0 Å². The fourth-order valence-electron chi connectivity index (χ4n) is 2.61. The van der Waals surface area contributed by atoms with E-state index in [-0.39, 0.29) is 34.0 Å². The zero-order valence-corrected chi connectivity index (χ0v) is 16.7. The molecular weight excluding hydrogens is 399 g/mol. The van der Waals surface area contributed by atoms with E-state index >= 15 is 0 Å². The maximum absolute atomic E-state index is 14.4. The zero-order valence-electron chi connectivity index (χ0n) is 16.0. The van der Waals surface area contributed by atoms with Crippen molar-refractivity contribution in [2.75, 3.05) is 0 Å². The standard InChI is InChI=1S/C19H18ClFN6O2/c1-10(2)17-24-19(29-26-17)18(28)23-11(3)9-27-7-6-14(25-27)13-5-4-12(8-22)15(20)16(13)21/h4-7,10-11H,9H2,1-3H3,(H,23,28). The highest BCUT2D eigenvalue weighted by atomic mass is 35.5. The van der Waals surface area contributed by atoms with E-state index in [0.29, 0.717) is 18.1 Å². The van der Waals surface area contributed by atoms with Crippen LogP contribution in [-0.4, -0.2) is 31.9 Å². The molecule has 0 saturated heterocycles. The number of nitriles is 1. The Morgan fingerprint density at radius 3 is 2.79 bits per heavy atom. The van der Waals surface area contributed by atoms with Gasteiger partial charge in [0.1, 0.15) is 6.07 Å². The number of nitrogens with zero attached hydrogens (tertiary/aromatic N) is 5. The van der Waals surface area contributed by atoms with Gasteiger partial charge < -0.3 is 9.84 Å². The van der Waals surface area contributed by atoms with Crippen LogP contribution in [0.2, 0.25) is 5.02 Å². The fourth-order valence-corrected chi connectivity index (χ4v) is 2.82. The second-order valence-corrected chi connectivity index (χ2v) is 7.19. The van der Waals surface area contributed by atoms with Crippen molar-refractivity contribution in [3.05, 3.63) is 52.5 Å². The Morgan fingerprint density at radius 1 is 1.38 bits per heavy atom. The third-order valence-corrected chi connectivity index (χ3v) is 4.48. The Balaban J connectivity index is 1.67. The van der Waals surface area contributed by atoms with Gasteiger partial charge in [0.15, 0.2) is 11.6 Å². The van der Waals surface area contributed by atoms with E-state index < -0.39 is 11.7 Å². The highest BCUT2D eigenvalue weighted by Crippen LogP contribution is 2.29. The number of carbonyl (C=O) groups excluding carboxylic acids is 1. The van der Waals surface area contributed by atoms with Crippen molar-refractivity contribution >= 4 is 17.5 Å². The minimum absolute atomic E-state index is 0.0522. The molecule has 0 bridgehead atoms. The van der Waals surface area contributed by atoms with E-state index in [1.165, 1.54) is 12.1 Å². The quantitative estimate of drug-likeness (QED) is 0.658. The Kier molecular flexibility index (Phi) is 5.94. The van der Waals surface area contributed by atoms with Crippen molar-refractivity contribution < 1.29 is 13.7 Å². The van der Waals surface area contributed by atoms with Crippen LogP contribution in [0.1, 0.15) is 48.8 Å². The maximum atomic E-state index is 14.4. The van der Waals surface area contributed by atoms with Crippen LogP contribution in [0.25, 0.3) is 11.3 Å². The molecule has 0 aliphatic rings. The van der Waals surface area contributed by atoms with Crippen LogP contribution in [0.5, 0.6) is 0 Å². The molecule has 1 amide bonds. The lowest BCUT2D eigenvalue weighted by atomic mass is 10.1. The van der Waals surface area contributed by atoms with Gasteiger partial charge in [-0.2, -0.15) is 15.3 Å². The number of benzene rings is 1. The Bertz CT molecular complexity index is 1080. The third-order valence-electron chi connectivity index (χ3n) is 4.11. The third kappa shape index (κ3) is 4.43. The van der Waals surface area contributed by atoms with Gasteiger partial charge >= 0.3 is 11.8 Å². The molecule has 2 heterocycles. The van der Waals surface area contributed by atoms with Crippen LogP contribution in [0.3, 0.4) is 0 Å². The summed E-state index contributed by atoms with van der Waals surface area (Å²) in [6.07, 6.45) is 1.66. The number of halogens is 2. The largest absolute Gasteiger partial charge is 0.344 e. The lowest BCUT2D eigenvalue weighted by Crippen LogP contribution is -2.36. The summed E-state index contributed by atoms with van der Waals surface area (Å²) in [5.74, 6) is -0.765. The molecule has 8 nitrogen and oxygen atoms in total. The lowest BCUT2D eigenvalue weighted by Gasteiger charge is -2.12. The van der Waals surface area contributed by atoms with Gasteiger partial charge in [-0.05, 0) is 25.1 Å². The van der Waals surface area contributed by atoms with Crippen LogP contribution in [-0.2, 0) is 6.54 Å². The minimum atomic E-state index is -0.699. The molecule has 1 atom stereocenters. The summed E-state index contributed by atoms with van der Waals surface area (Å²) in [7, 11) is 0. The number of aromatic nitrogens is 4. The van der Waals surface area contributed by atoms with Crippen molar-refractivity contribution in [2.24, 2.45) is 0 Å². The normalized spacial score (nSPS) is 12.0. The van der Waals surface area contributed by atoms with Gasteiger partial charge in [-0.15, -0.1) is 0 Å². The molecule has 10 heteroatoms. The fraction of sp³-hybridized carbons (Fsp3) is 0.316. The molecule has 0 aliphatic heterocycles. The number of hydrogen-bond acceptors (Lipinski definition) is 6. The first-order chi connectivity index (χ1) is 13.8. The molecule has 0 fully saturated rings. The Labute approximate surface area is 171 Å². The van der Waals surface area contributed by atoms with Crippen LogP contribution in [0.15, 0.2) is 28.9 Å². The molecule has 3 rings (SSSR count). The van der Waals surface area contributed by atoms with E-state index in [1.807, 2.05) is 19.9 Å². The van der Waals surface area contributed by atoms with Crippen molar-refractivity contribution in [1.29, 1.82) is 5.26 Å². The summed E-state index contributed by atoms with van der Waals surface area (Å²) in [4.78, 5) is 16.3. The van der Waals surface area contributed by atoms with Crippen LogP contribution >= 0.6 is 11.6 Å². The summed E-state index contributed by atoms with van der Waals surface area (Å²) >= 11 is 5.88. The van der Waals surface area contributed by atoms with Gasteiger partial charge in [-0.3, -0.25) is 9.48 Å². The lowest BCUT2D eigenvalue weighted by molar-refractivity contribution is 0.0891. The molecule has 1 N–H and O–H groups in total. The topological polar surface area (TPSA) is 110 Å². The average molecular weight is 417 g/mol. The number of nitrogens with one attached hydrogen (secondary N) is 1. The van der Waals surface area contributed by atoms with Crippen molar-refractivity contribution in [3.8, 4) is 17.3 Å². The molecule has 0 aliphatic carbocycles. The van der Waals surface area contributed by atoms with Crippen molar-refractivity contribution in [2.45, 2.75) is 39.3 Å². The molecule has 0 radical (unpaired) electrons. The Hall–Kier alpha value is -3.25. The Morgan fingerprint density at radius 2 is 2.14 bits per heavy atom. The molecule has 0 spiro atoms. The van der Waals surface area contributed by atoms with E-state index in [0.717, 1.165) is 0 Å². The first-order valence-electron chi connectivity index (χ1n) is 8.86. The SMILES string of the molecule is CC(Cn1ccc(-c2ccc(C#N)c(Cl)c2F)n1)NC(=O)c1nc(C(C)C)no1. The predicted molar refractivity (Wildman–Crippen MR) is 103 cm³/mol. The van der Waals surface area contributed by atoms with E-state index in [1.54, 1.807) is 23.9 Å². The van der Waals surface area contributed by atoms with Gasteiger partial charge in [-0.25, -0.2) is 4.39 Å². The summed E-state index contributed by atoms with van der Waals surface area (Å²) < 4.78 is 21.0. The molecular formula is C19H18ClFN6O2. The summed E-state index contributed by atoms with van der Waals surface area (Å²) in [5.41, 5.74) is 0.618. The van der Waals surface area contributed by atoms with Crippen molar-refractivity contribution in [1.82, 2.24) is 25.2 Å². The second-order valence-electron chi connectivity index (χ2n) is 6.81. The van der Waals surface area contributed by atoms with Gasteiger partial charge in [0, 0.05) is 23.7 Å².